The molecule has 1 amide bonds. The molecule has 0 bridgehead atoms. The van der Waals surface area contributed by atoms with E-state index in [0.717, 1.165) is 25.1 Å². The number of nitrogens with zero attached hydrogens (tertiary/aromatic N) is 3. The van der Waals surface area contributed by atoms with Crippen LogP contribution in [0.5, 0.6) is 0 Å². The Morgan fingerprint density at radius 1 is 1.14 bits per heavy atom. The molecule has 1 fully saturated rings. The average Bonchev–Trinajstić information content (AvgIpc) is 3.57. The van der Waals surface area contributed by atoms with Crippen LogP contribution in [0.15, 0.2) is 70.1 Å². The van der Waals surface area contributed by atoms with Gasteiger partial charge < -0.3 is 19.4 Å². The minimum atomic E-state index is -0.572. The summed E-state index contributed by atoms with van der Waals surface area (Å²) in [4.78, 5) is 45.2. The number of nitrogens with one attached hydrogen (secondary N) is 1. The summed E-state index contributed by atoms with van der Waals surface area (Å²) in [6, 6.07) is 15.6. The first-order valence-electron chi connectivity index (χ1n) is 11.5. The molecule has 0 unspecified atom stereocenters. The number of rotatable bonds is 5. The van der Waals surface area contributed by atoms with Gasteiger partial charge in [0.05, 0.1) is 40.6 Å². The maximum absolute atomic E-state index is 13.2. The Morgan fingerprint density at radius 3 is 2.89 bits per heavy atom. The fourth-order valence-electron chi connectivity index (χ4n) is 4.82. The van der Waals surface area contributed by atoms with Crippen LogP contribution in [0.3, 0.4) is 0 Å². The molecule has 0 radical (unpaired) electrons. The van der Waals surface area contributed by atoms with Crippen molar-refractivity contribution in [3.63, 3.8) is 0 Å². The Hall–Kier alpha value is -4.40. The van der Waals surface area contributed by atoms with E-state index in [1.807, 2.05) is 6.07 Å². The molecule has 0 spiro atoms. The summed E-state index contributed by atoms with van der Waals surface area (Å²) in [6.07, 6.45) is 3.32. The second-order valence-electron chi connectivity index (χ2n) is 8.66. The van der Waals surface area contributed by atoms with Gasteiger partial charge in [-0.15, -0.1) is 0 Å². The van der Waals surface area contributed by atoms with Gasteiger partial charge in [-0.3, -0.25) is 14.2 Å². The van der Waals surface area contributed by atoms with E-state index < -0.39 is 5.97 Å². The van der Waals surface area contributed by atoms with E-state index in [9.17, 15) is 14.4 Å². The van der Waals surface area contributed by atoms with E-state index in [1.54, 1.807) is 48.5 Å². The molecule has 9 nitrogen and oxygen atoms in total. The van der Waals surface area contributed by atoms with Crippen LogP contribution in [-0.4, -0.2) is 34.0 Å². The second-order valence-corrected chi connectivity index (χ2v) is 8.66. The Balaban J connectivity index is 1.28. The molecule has 35 heavy (non-hydrogen) atoms. The first-order valence-corrected chi connectivity index (χ1v) is 11.5. The third kappa shape index (κ3) is 3.74. The maximum atomic E-state index is 13.2. The maximum Gasteiger partial charge on any atom is 0.338 e. The SMILES string of the molecule is O=C(OCc1nc2ccccc2c(=O)n1Cc1ccco1)c1ccc2c(c1)NC(=O)[C@H]1CCCN21. The lowest BCUT2D eigenvalue weighted by Crippen LogP contribution is -2.43. The number of carbonyl (C=O) groups is 2. The highest BCUT2D eigenvalue weighted by Crippen LogP contribution is 2.37. The minimum absolute atomic E-state index is 0.0529. The molecular weight excluding hydrogens is 448 g/mol. The largest absolute Gasteiger partial charge is 0.467 e. The smallest absolute Gasteiger partial charge is 0.338 e. The van der Waals surface area contributed by atoms with E-state index in [-0.39, 0.29) is 30.7 Å². The quantitative estimate of drug-likeness (QED) is 0.446. The molecule has 0 saturated carbocycles. The summed E-state index contributed by atoms with van der Waals surface area (Å²) in [5.41, 5.74) is 2.10. The fourth-order valence-corrected chi connectivity index (χ4v) is 4.82. The fraction of sp³-hybridized carbons (Fsp3) is 0.231. The van der Waals surface area contributed by atoms with Crippen LogP contribution in [0, 0.1) is 0 Å². The van der Waals surface area contributed by atoms with Crippen molar-refractivity contribution < 1.29 is 18.7 Å². The lowest BCUT2D eigenvalue weighted by molar-refractivity contribution is -0.117. The molecule has 2 aromatic heterocycles. The van der Waals surface area contributed by atoms with Gasteiger partial charge in [0.15, 0.2) is 5.82 Å². The molecule has 2 aromatic carbocycles. The summed E-state index contributed by atoms with van der Waals surface area (Å²) in [5.74, 6) is 0.271. The number of para-hydroxylation sites is 1. The average molecular weight is 470 g/mol. The van der Waals surface area contributed by atoms with Gasteiger partial charge in [0, 0.05) is 6.54 Å². The number of ether oxygens (including phenoxy) is 1. The molecule has 4 heterocycles. The van der Waals surface area contributed by atoms with Crippen LogP contribution in [0.25, 0.3) is 10.9 Å². The first kappa shape index (κ1) is 21.2. The van der Waals surface area contributed by atoms with E-state index in [2.05, 4.69) is 15.2 Å². The number of furan rings is 1. The van der Waals surface area contributed by atoms with Crippen molar-refractivity contribution in [1.29, 1.82) is 0 Å². The molecule has 0 aliphatic carbocycles. The van der Waals surface area contributed by atoms with Crippen LogP contribution < -0.4 is 15.8 Å². The van der Waals surface area contributed by atoms with Gasteiger partial charge in [0.2, 0.25) is 5.91 Å². The third-order valence-corrected chi connectivity index (χ3v) is 6.52. The molecule has 1 atom stereocenters. The van der Waals surface area contributed by atoms with Gasteiger partial charge in [-0.05, 0) is 55.3 Å². The zero-order valence-electron chi connectivity index (χ0n) is 18.8. The van der Waals surface area contributed by atoms with E-state index in [1.165, 1.54) is 10.8 Å². The van der Waals surface area contributed by atoms with Gasteiger partial charge in [-0.2, -0.15) is 0 Å². The molecule has 1 N–H and O–H groups in total. The van der Waals surface area contributed by atoms with Crippen molar-refractivity contribution in [3.8, 4) is 0 Å². The Morgan fingerprint density at radius 2 is 2.03 bits per heavy atom. The summed E-state index contributed by atoms with van der Waals surface area (Å²) in [5, 5.41) is 3.38. The highest BCUT2D eigenvalue weighted by atomic mass is 16.5. The normalized spacial score (nSPS) is 16.6. The molecule has 1 saturated heterocycles. The van der Waals surface area contributed by atoms with Gasteiger partial charge >= 0.3 is 5.97 Å². The van der Waals surface area contributed by atoms with Crippen molar-refractivity contribution in [3.05, 3.63) is 88.4 Å². The number of hydrogen-bond acceptors (Lipinski definition) is 7. The Kier molecular flexibility index (Phi) is 5.09. The van der Waals surface area contributed by atoms with Crippen LogP contribution in [0.4, 0.5) is 11.4 Å². The van der Waals surface area contributed by atoms with Crippen molar-refractivity contribution in [2.24, 2.45) is 0 Å². The molecular formula is C26H22N4O5. The summed E-state index contributed by atoms with van der Waals surface area (Å²) in [7, 11) is 0. The second kappa shape index (κ2) is 8.43. The lowest BCUT2D eigenvalue weighted by atomic mass is 10.1. The van der Waals surface area contributed by atoms with Crippen LogP contribution in [0.1, 0.15) is 34.8 Å². The molecule has 9 heteroatoms. The number of carbonyl (C=O) groups excluding carboxylic acids is 2. The summed E-state index contributed by atoms with van der Waals surface area (Å²) < 4.78 is 12.4. The number of hydrogen-bond donors (Lipinski definition) is 1. The topological polar surface area (TPSA) is 107 Å². The number of fused-ring (bicyclic) bond motifs is 4. The third-order valence-electron chi connectivity index (χ3n) is 6.52. The van der Waals surface area contributed by atoms with E-state index in [4.69, 9.17) is 9.15 Å². The van der Waals surface area contributed by atoms with Gasteiger partial charge in [0.1, 0.15) is 18.4 Å². The number of amides is 1. The minimum Gasteiger partial charge on any atom is -0.467 e. The van der Waals surface area contributed by atoms with Crippen LogP contribution in [-0.2, 0) is 22.7 Å². The number of aromatic nitrogens is 2. The van der Waals surface area contributed by atoms with Crippen molar-refractivity contribution in [2.45, 2.75) is 32.0 Å². The predicted molar refractivity (Wildman–Crippen MR) is 128 cm³/mol. The van der Waals surface area contributed by atoms with Crippen molar-refractivity contribution >= 4 is 34.2 Å². The highest BCUT2D eigenvalue weighted by Gasteiger charge is 2.36. The number of esters is 1. The van der Waals surface area contributed by atoms with E-state index >= 15 is 0 Å². The van der Waals surface area contributed by atoms with Crippen molar-refractivity contribution in [2.75, 3.05) is 16.8 Å². The lowest BCUT2D eigenvalue weighted by Gasteiger charge is -2.33. The molecule has 4 aromatic rings. The van der Waals surface area contributed by atoms with Crippen molar-refractivity contribution in [1.82, 2.24) is 9.55 Å². The molecule has 2 aliphatic heterocycles. The standard InChI is InChI=1S/C26H22N4O5/c31-24-22-8-3-11-29(22)21-10-9-16(13-20(21)28-24)26(33)35-15-23-27-19-7-2-1-6-18(19)25(32)30(23)14-17-5-4-12-34-17/h1-2,4-7,9-10,12-13,22H,3,8,11,14-15H2,(H,28,31)/t22-/m1/s1. The van der Waals surface area contributed by atoms with E-state index in [0.29, 0.717) is 33.7 Å². The van der Waals surface area contributed by atoms with Crippen LogP contribution >= 0.6 is 0 Å². The monoisotopic (exact) mass is 470 g/mol. The van der Waals surface area contributed by atoms with Gasteiger partial charge in [-0.1, -0.05) is 12.1 Å². The Bertz CT molecular complexity index is 1510. The molecule has 2 aliphatic rings. The summed E-state index contributed by atoms with van der Waals surface area (Å²) >= 11 is 0. The molecule has 176 valence electrons. The Labute approximate surface area is 199 Å². The zero-order chi connectivity index (χ0) is 23.9. The van der Waals surface area contributed by atoms with Gasteiger partial charge in [-0.25, -0.2) is 9.78 Å². The number of benzene rings is 2. The zero-order valence-corrected chi connectivity index (χ0v) is 18.8. The number of anilines is 2. The predicted octanol–water partition coefficient (Wildman–Crippen LogP) is 3.32. The van der Waals surface area contributed by atoms with Gasteiger partial charge in [0.25, 0.3) is 5.56 Å². The summed E-state index contributed by atoms with van der Waals surface area (Å²) in [6.45, 7) is 0.783. The van der Waals surface area contributed by atoms with Crippen LogP contribution in [0.2, 0.25) is 0 Å². The molecule has 6 rings (SSSR count). The highest BCUT2D eigenvalue weighted by molar-refractivity contribution is 6.05. The first-order chi connectivity index (χ1) is 17.1.